The maximum absolute atomic E-state index is 13.2. The van der Waals surface area contributed by atoms with Crippen molar-refractivity contribution in [2.45, 2.75) is 19.9 Å². The maximum Gasteiger partial charge on any atom is 0.137 e. The molecule has 0 aliphatic heterocycles. The van der Waals surface area contributed by atoms with Gasteiger partial charge in [0.25, 0.3) is 0 Å². The van der Waals surface area contributed by atoms with Gasteiger partial charge in [-0.2, -0.15) is 5.10 Å². The lowest BCUT2D eigenvalue weighted by Crippen LogP contribution is -2.13. The van der Waals surface area contributed by atoms with Gasteiger partial charge >= 0.3 is 0 Å². The van der Waals surface area contributed by atoms with Crippen LogP contribution in [0.15, 0.2) is 28.9 Å². The maximum atomic E-state index is 13.2. The molecule has 0 aliphatic rings. The van der Waals surface area contributed by atoms with Crippen LogP contribution in [0.4, 0.5) is 4.39 Å². The Morgan fingerprint density at radius 2 is 2.28 bits per heavy atom. The van der Waals surface area contributed by atoms with E-state index in [0.29, 0.717) is 4.47 Å². The summed E-state index contributed by atoms with van der Waals surface area (Å²) >= 11 is 3.20. The minimum absolute atomic E-state index is 0.260. The van der Waals surface area contributed by atoms with Crippen LogP contribution < -0.4 is 5.32 Å². The second kappa shape index (κ2) is 6.11. The summed E-state index contributed by atoms with van der Waals surface area (Å²) in [7, 11) is 0. The Morgan fingerprint density at radius 3 is 3.00 bits per heavy atom. The lowest BCUT2D eigenvalue weighted by molar-refractivity contribution is 0.621. The molecule has 0 spiro atoms. The third-order valence-electron chi connectivity index (χ3n) is 2.67. The number of aromatic amines is 1. The first-order valence-corrected chi connectivity index (χ1v) is 6.70. The molecule has 1 aromatic heterocycles. The van der Waals surface area contributed by atoms with E-state index in [4.69, 9.17) is 0 Å². The van der Waals surface area contributed by atoms with Crippen molar-refractivity contribution in [1.29, 1.82) is 0 Å². The highest BCUT2D eigenvalue weighted by molar-refractivity contribution is 9.10. The van der Waals surface area contributed by atoms with Crippen LogP contribution in [-0.2, 0) is 6.54 Å². The molecule has 1 aromatic carbocycles. The molecule has 0 bridgehead atoms. The van der Waals surface area contributed by atoms with E-state index in [9.17, 15) is 4.39 Å². The zero-order valence-corrected chi connectivity index (χ0v) is 11.7. The number of hydrogen-bond donors (Lipinski definition) is 2. The molecule has 18 heavy (non-hydrogen) atoms. The average Bonchev–Trinajstić information content (AvgIpc) is 2.81. The summed E-state index contributed by atoms with van der Waals surface area (Å²) in [4.78, 5) is 0. The number of nitrogens with zero attached hydrogens (tertiary/aromatic N) is 1. The zero-order chi connectivity index (χ0) is 13.0. The fourth-order valence-corrected chi connectivity index (χ4v) is 2.13. The third kappa shape index (κ3) is 2.97. The van der Waals surface area contributed by atoms with Crippen molar-refractivity contribution >= 4 is 15.9 Å². The molecule has 96 valence electrons. The van der Waals surface area contributed by atoms with E-state index in [0.717, 1.165) is 36.3 Å². The summed E-state index contributed by atoms with van der Waals surface area (Å²) in [5, 5.41) is 10.3. The van der Waals surface area contributed by atoms with E-state index in [-0.39, 0.29) is 5.82 Å². The molecule has 0 atom stereocenters. The van der Waals surface area contributed by atoms with Crippen molar-refractivity contribution in [2.75, 3.05) is 6.54 Å². The Balaban J connectivity index is 2.22. The van der Waals surface area contributed by atoms with Crippen LogP contribution in [0.3, 0.4) is 0 Å². The van der Waals surface area contributed by atoms with Crippen LogP contribution >= 0.6 is 15.9 Å². The Morgan fingerprint density at radius 1 is 1.44 bits per heavy atom. The molecule has 2 rings (SSSR count). The van der Waals surface area contributed by atoms with Gasteiger partial charge in [0.15, 0.2) is 0 Å². The van der Waals surface area contributed by atoms with E-state index < -0.39 is 0 Å². The molecular formula is C13H15BrFN3. The molecule has 0 saturated heterocycles. The van der Waals surface area contributed by atoms with Gasteiger partial charge in [-0.25, -0.2) is 4.39 Å². The molecule has 2 aromatic rings. The first-order chi connectivity index (χ1) is 8.72. The van der Waals surface area contributed by atoms with Gasteiger partial charge in [-0.3, -0.25) is 5.10 Å². The quantitative estimate of drug-likeness (QED) is 0.830. The summed E-state index contributed by atoms with van der Waals surface area (Å²) in [6, 6.07) is 4.95. The number of aromatic nitrogens is 2. The number of benzene rings is 1. The Bertz CT molecular complexity index is 525. The van der Waals surface area contributed by atoms with Crippen LogP contribution in [0, 0.1) is 5.82 Å². The normalized spacial score (nSPS) is 10.8. The first-order valence-electron chi connectivity index (χ1n) is 5.90. The first kappa shape index (κ1) is 13.2. The molecule has 0 fully saturated rings. The molecule has 2 N–H and O–H groups in total. The SMILES string of the molecule is CCCNCc1cn[nH]c1-c1ccc(F)c(Br)c1. The van der Waals surface area contributed by atoms with Crippen molar-refractivity contribution in [3.8, 4) is 11.3 Å². The van der Waals surface area contributed by atoms with Crippen LogP contribution in [0.2, 0.25) is 0 Å². The molecule has 0 saturated carbocycles. The third-order valence-corrected chi connectivity index (χ3v) is 3.28. The summed E-state index contributed by atoms with van der Waals surface area (Å²) in [5.74, 6) is -0.260. The highest BCUT2D eigenvalue weighted by Gasteiger charge is 2.09. The molecule has 5 heteroatoms. The van der Waals surface area contributed by atoms with Crippen molar-refractivity contribution < 1.29 is 4.39 Å². The minimum atomic E-state index is -0.260. The van der Waals surface area contributed by atoms with Crippen LogP contribution in [0.25, 0.3) is 11.3 Å². The minimum Gasteiger partial charge on any atom is -0.313 e. The molecule has 3 nitrogen and oxygen atoms in total. The van der Waals surface area contributed by atoms with Crippen LogP contribution in [0.5, 0.6) is 0 Å². The highest BCUT2D eigenvalue weighted by atomic mass is 79.9. The van der Waals surface area contributed by atoms with Gasteiger partial charge in [0.05, 0.1) is 16.4 Å². The van der Waals surface area contributed by atoms with E-state index in [1.807, 2.05) is 0 Å². The lowest BCUT2D eigenvalue weighted by Gasteiger charge is -2.05. The Hall–Kier alpha value is -1.20. The van der Waals surface area contributed by atoms with Gasteiger partial charge in [0.2, 0.25) is 0 Å². The average molecular weight is 312 g/mol. The molecular weight excluding hydrogens is 297 g/mol. The molecule has 1 heterocycles. The number of halogens is 2. The highest BCUT2D eigenvalue weighted by Crippen LogP contribution is 2.26. The van der Waals surface area contributed by atoms with Crippen molar-refractivity contribution in [3.05, 3.63) is 40.2 Å². The van der Waals surface area contributed by atoms with Gasteiger partial charge in [0, 0.05) is 17.7 Å². The van der Waals surface area contributed by atoms with Crippen molar-refractivity contribution in [1.82, 2.24) is 15.5 Å². The topological polar surface area (TPSA) is 40.7 Å². The molecule has 0 aliphatic carbocycles. The van der Waals surface area contributed by atoms with Crippen LogP contribution in [-0.4, -0.2) is 16.7 Å². The number of hydrogen-bond acceptors (Lipinski definition) is 2. The van der Waals surface area contributed by atoms with Crippen LogP contribution in [0.1, 0.15) is 18.9 Å². The summed E-state index contributed by atoms with van der Waals surface area (Å²) in [5.41, 5.74) is 2.94. The van der Waals surface area contributed by atoms with Gasteiger partial charge in [-0.15, -0.1) is 0 Å². The number of rotatable bonds is 5. The molecule has 0 amide bonds. The van der Waals surface area contributed by atoms with Crippen molar-refractivity contribution in [3.63, 3.8) is 0 Å². The Labute approximate surface area is 114 Å². The Kier molecular flexibility index (Phi) is 4.49. The molecule has 0 radical (unpaired) electrons. The second-order valence-electron chi connectivity index (χ2n) is 4.08. The monoisotopic (exact) mass is 311 g/mol. The lowest BCUT2D eigenvalue weighted by atomic mass is 10.1. The van der Waals surface area contributed by atoms with Gasteiger partial charge in [-0.1, -0.05) is 6.92 Å². The fourth-order valence-electron chi connectivity index (χ4n) is 1.75. The summed E-state index contributed by atoms with van der Waals surface area (Å²) in [6.45, 7) is 3.85. The van der Waals surface area contributed by atoms with E-state index in [2.05, 4.69) is 38.4 Å². The van der Waals surface area contributed by atoms with Gasteiger partial charge < -0.3 is 5.32 Å². The van der Waals surface area contributed by atoms with E-state index >= 15 is 0 Å². The number of nitrogens with one attached hydrogen (secondary N) is 2. The van der Waals surface area contributed by atoms with Crippen molar-refractivity contribution in [2.24, 2.45) is 0 Å². The van der Waals surface area contributed by atoms with Gasteiger partial charge in [0.1, 0.15) is 5.82 Å². The van der Waals surface area contributed by atoms with E-state index in [1.165, 1.54) is 6.07 Å². The summed E-state index contributed by atoms with van der Waals surface area (Å²) in [6.07, 6.45) is 2.89. The second-order valence-corrected chi connectivity index (χ2v) is 4.93. The standard InChI is InChI=1S/C13H15BrFN3/c1-2-5-16-7-10-8-17-18-13(10)9-3-4-12(15)11(14)6-9/h3-4,6,8,16H,2,5,7H2,1H3,(H,17,18). The predicted molar refractivity (Wildman–Crippen MR) is 73.7 cm³/mol. The predicted octanol–water partition coefficient (Wildman–Crippen LogP) is 3.48. The molecule has 0 unspecified atom stereocenters. The summed E-state index contributed by atoms with van der Waals surface area (Å²) < 4.78 is 13.7. The van der Waals surface area contributed by atoms with E-state index in [1.54, 1.807) is 18.3 Å². The zero-order valence-electron chi connectivity index (χ0n) is 10.1. The fraction of sp³-hybridized carbons (Fsp3) is 0.308. The smallest absolute Gasteiger partial charge is 0.137 e. The van der Waals surface area contributed by atoms with Gasteiger partial charge in [-0.05, 0) is 47.1 Å². The number of H-pyrrole nitrogens is 1. The largest absolute Gasteiger partial charge is 0.313 e.